The van der Waals surface area contributed by atoms with Crippen molar-refractivity contribution in [2.45, 2.75) is 6.92 Å². The van der Waals surface area contributed by atoms with Crippen LogP contribution in [0.25, 0.3) is 11.1 Å². The number of hydrogen-bond donors (Lipinski definition) is 1. The summed E-state index contributed by atoms with van der Waals surface area (Å²) in [6.07, 6.45) is 0. The average molecular weight is 280 g/mol. The van der Waals surface area contributed by atoms with Crippen molar-refractivity contribution in [1.82, 2.24) is 5.32 Å². The second-order valence-electron chi connectivity index (χ2n) is 4.42. The highest BCUT2D eigenvalue weighted by Gasteiger charge is 2.11. The van der Waals surface area contributed by atoms with Crippen molar-refractivity contribution in [3.8, 4) is 22.9 Å². The van der Waals surface area contributed by atoms with Gasteiger partial charge in [-0.1, -0.05) is 12.1 Å². The lowest BCUT2D eigenvalue weighted by molar-refractivity contribution is 0.0962. The van der Waals surface area contributed by atoms with E-state index in [9.17, 15) is 4.79 Å². The Balaban J connectivity index is 2.52. The van der Waals surface area contributed by atoms with Crippen LogP contribution in [0.4, 0.5) is 0 Å². The third kappa shape index (κ3) is 3.21. The smallest absolute Gasteiger partial charge is 0.251 e. The number of hydrogen-bond acceptors (Lipinski definition) is 3. The van der Waals surface area contributed by atoms with Gasteiger partial charge in [-0.05, 0) is 42.8 Å². The van der Waals surface area contributed by atoms with Crippen LogP contribution in [0.1, 0.15) is 22.8 Å². The van der Waals surface area contributed by atoms with Crippen LogP contribution < -0.4 is 10.1 Å². The minimum absolute atomic E-state index is 0.159. The molecule has 0 unspecified atom stereocenters. The average Bonchev–Trinajstić information content (AvgIpc) is 2.54. The minimum atomic E-state index is -0.159. The standard InChI is InChI=1S/C17H16N2O2/c1-3-21-16-10-14(17(20)19-2)7-8-15(16)13-6-4-5-12(9-13)11-18/h4-10H,3H2,1-2H3,(H,19,20). The Hall–Kier alpha value is -2.80. The van der Waals surface area contributed by atoms with Crippen molar-refractivity contribution in [3.05, 3.63) is 53.6 Å². The molecule has 0 saturated carbocycles. The largest absolute Gasteiger partial charge is 0.493 e. The topological polar surface area (TPSA) is 62.1 Å². The van der Waals surface area contributed by atoms with Crippen LogP contribution in [0.2, 0.25) is 0 Å². The number of nitrogens with zero attached hydrogens (tertiary/aromatic N) is 1. The van der Waals surface area contributed by atoms with Crippen molar-refractivity contribution in [2.75, 3.05) is 13.7 Å². The summed E-state index contributed by atoms with van der Waals surface area (Å²) in [7, 11) is 1.59. The maximum Gasteiger partial charge on any atom is 0.251 e. The highest BCUT2D eigenvalue weighted by Crippen LogP contribution is 2.31. The van der Waals surface area contributed by atoms with E-state index in [4.69, 9.17) is 10.00 Å². The van der Waals surface area contributed by atoms with Gasteiger partial charge in [0.2, 0.25) is 0 Å². The zero-order valence-corrected chi connectivity index (χ0v) is 12.0. The highest BCUT2D eigenvalue weighted by molar-refractivity contribution is 5.95. The maximum atomic E-state index is 11.7. The Kier molecular flexibility index (Phi) is 4.57. The molecule has 0 spiro atoms. The summed E-state index contributed by atoms with van der Waals surface area (Å²) in [5.74, 6) is 0.474. The summed E-state index contributed by atoms with van der Waals surface area (Å²) in [6, 6.07) is 14.7. The number of amides is 1. The zero-order chi connectivity index (χ0) is 15.2. The summed E-state index contributed by atoms with van der Waals surface area (Å²) in [6.45, 7) is 2.39. The highest BCUT2D eigenvalue weighted by atomic mass is 16.5. The summed E-state index contributed by atoms with van der Waals surface area (Å²) >= 11 is 0. The second kappa shape index (κ2) is 6.58. The molecule has 1 N–H and O–H groups in total. The molecular weight excluding hydrogens is 264 g/mol. The molecule has 1 amide bonds. The molecular formula is C17H16N2O2. The van der Waals surface area contributed by atoms with Gasteiger partial charge < -0.3 is 10.1 Å². The molecule has 106 valence electrons. The van der Waals surface area contributed by atoms with Gasteiger partial charge in [0.05, 0.1) is 18.2 Å². The molecule has 0 aliphatic rings. The molecule has 0 aromatic heterocycles. The summed E-state index contributed by atoms with van der Waals surface area (Å²) in [5.41, 5.74) is 2.88. The quantitative estimate of drug-likeness (QED) is 0.936. The van der Waals surface area contributed by atoms with Crippen molar-refractivity contribution in [3.63, 3.8) is 0 Å². The lowest BCUT2D eigenvalue weighted by Crippen LogP contribution is -2.17. The van der Waals surface area contributed by atoms with Gasteiger partial charge in [-0.2, -0.15) is 5.26 Å². The summed E-state index contributed by atoms with van der Waals surface area (Å²) < 4.78 is 5.64. The van der Waals surface area contributed by atoms with E-state index in [1.807, 2.05) is 25.1 Å². The van der Waals surface area contributed by atoms with Crippen LogP contribution in [0.5, 0.6) is 5.75 Å². The molecule has 0 atom stereocenters. The van der Waals surface area contributed by atoms with E-state index in [2.05, 4.69) is 11.4 Å². The van der Waals surface area contributed by atoms with E-state index < -0.39 is 0 Å². The molecule has 0 saturated heterocycles. The Bertz CT molecular complexity index is 702. The number of rotatable bonds is 4. The van der Waals surface area contributed by atoms with Crippen molar-refractivity contribution in [1.29, 1.82) is 5.26 Å². The third-order valence-electron chi connectivity index (χ3n) is 3.07. The van der Waals surface area contributed by atoms with E-state index in [-0.39, 0.29) is 5.91 Å². The van der Waals surface area contributed by atoms with Gasteiger partial charge in [0.15, 0.2) is 0 Å². The van der Waals surface area contributed by atoms with Gasteiger partial charge >= 0.3 is 0 Å². The van der Waals surface area contributed by atoms with Crippen molar-refractivity contribution in [2.24, 2.45) is 0 Å². The van der Waals surface area contributed by atoms with Gasteiger partial charge in [0.25, 0.3) is 5.91 Å². The van der Waals surface area contributed by atoms with Crippen LogP contribution in [-0.2, 0) is 0 Å². The number of ether oxygens (including phenoxy) is 1. The van der Waals surface area contributed by atoms with Crippen molar-refractivity contribution >= 4 is 5.91 Å². The van der Waals surface area contributed by atoms with Gasteiger partial charge in [0.1, 0.15) is 5.75 Å². The van der Waals surface area contributed by atoms with Gasteiger partial charge in [-0.15, -0.1) is 0 Å². The second-order valence-corrected chi connectivity index (χ2v) is 4.42. The molecule has 2 aromatic carbocycles. The van der Waals surface area contributed by atoms with Crippen LogP contribution in [0.3, 0.4) is 0 Å². The zero-order valence-electron chi connectivity index (χ0n) is 12.0. The molecule has 0 heterocycles. The summed E-state index contributed by atoms with van der Waals surface area (Å²) in [5, 5.41) is 11.6. The number of nitriles is 1. The molecule has 2 rings (SSSR count). The van der Waals surface area contributed by atoms with Gasteiger partial charge in [0, 0.05) is 18.2 Å². The Labute approximate surface area is 124 Å². The molecule has 0 aliphatic heterocycles. The molecule has 0 radical (unpaired) electrons. The lowest BCUT2D eigenvalue weighted by Gasteiger charge is -2.12. The maximum absolute atomic E-state index is 11.7. The van der Waals surface area contributed by atoms with Crippen LogP contribution in [0.15, 0.2) is 42.5 Å². The summed E-state index contributed by atoms with van der Waals surface area (Å²) in [4.78, 5) is 11.7. The third-order valence-corrected chi connectivity index (χ3v) is 3.07. The molecule has 0 bridgehead atoms. The molecule has 21 heavy (non-hydrogen) atoms. The number of nitrogens with one attached hydrogen (secondary N) is 1. The fourth-order valence-corrected chi connectivity index (χ4v) is 2.08. The first-order valence-corrected chi connectivity index (χ1v) is 6.69. The first-order valence-electron chi connectivity index (χ1n) is 6.69. The molecule has 0 aliphatic carbocycles. The first-order chi connectivity index (χ1) is 10.2. The predicted octanol–water partition coefficient (Wildman–Crippen LogP) is 2.98. The lowest BCUT2D eigenvalue weighted by atomic mass is 10.0. The molecule has 4 nitrogen and oxygen atoms in total. The molecule has 4 heteroatoms. The number of benzene rings is 2. The van der Waals surface area contributed by atoms with Crippen LogP contribution in [-0.4, -0.2) is 19.6 Å². The Morgan fingerprint density at radius 1 is 1.29 bits per heavy atom. The Morgan fingerprint density at radius 2 is 2.10 bits per heavy atom. The molecule has 2 aromatic rings. The van der Waals surface area contributed by atoms with Gasteiger partial charge in [-0.25, -0.2) is 0 Å². The SMILES string of the molecule is CCOc1cc(C(=O)NC)ccc1-c1cccc(C#N)c1. The van der Waals surface area contributed by atoms with Crippen LogP contribution >= 0.6 is 0 Å². The van der Waals surface area contributed by atoms with E-state index in [0.717, 1.165) is 11.1 Å². The number of carbonyl (C=O) groups excluding carboxylic acids is 1. The van der Waals surface area contributed by atoms with Crippen LogP contribution in [0, 0.1) is 11.3 Å². The minimum Gasteiger partial charge on any atom is -0.493 e. The predicted molar refractivity (Wildman–Crippen MR) is 81.2 cm³/mol. The first kappa shape index (κ1) is 14.6. The van der Waals surface area contributed by atoms with Gasteiger partial charge in [-0.3, -0.25) is 4.79 Å². The Morgan fingerprint density at radius 3 is 2.76 bits per heavy atom. The van der Waals surface area contributed by atoms with E-state index in [1.54, 1.807) is 31.3 Å². The molecule has 0 fully saturated rings. The van der Waals surface area contributed by atoms with E-state index in [1.165, 1.54) is 0 Å². The van der Waals surface area contributed by atoms with Crippen molar-refractivity contribution < 1.29 is 9.53 Å². The fourth-order valence-electron chi connectivity index (χ4n) is 2.08. The number of carbonyl (C=O) groups is 1. The fraction of sp³-hybridized carbons (Fsp3) is 0.176. The monoisotopic (exact) mass is 280 g/mol. The van der Waals surface area contributed by atoms with E-state index in [0.29, 0.717) is 23.5 Å². The normalized spacial score (nSPS) is 9.76. The van der Waals surface area contributed by atoms with E-state index >= 15 is 0 Å².